The maximum atomic E-state index is 13.1. The topological polar surface area (TPSA) is 30.7 Å². The summed E-state index contributed by atoms with van der Waals surface area (Å²) in [6, 6.07) is 11.2. The second-order valence-corrected chi connectivity index (χ2v) is 10.1. The van der Waals surface area contributed by atoms with Crippen LogP contribution >= 0.6 is 34.4 Å². The van der Waals surface area contributed by atoms with E-state index in [1.165, 1.54) is 21.2 Å². The average Bonchev–Trinajstić information content (AvgIpc) is 3.41. The van der Waals surface area contributed by atoms with Gasteiger partial charge in [0.2, 0.25) is 0 Å². The van der Waals surface area contributed by atoms with Crippen molar-refractivity contribution in [2.75, 3.05) is 5.75 Å². The molecule has 0 amide bonds. The first-order chi connectivity index (χ1) is 14.9. The molecule has 5 rings (SSSR count). The Hall–Kier alpha value is -2.36. The van der Waals surface area contributed by atoms with Crippen LogP contribution < -0.4 is 0 Å². The van der Waals surface area contributed by atoms with Crippen molar-refractivity contribution in [1.82, 2.24) is 14.5 Å². The molecule has 5 aromatic rings. The van der Waals surface area contributed by atoms with Crippen LogP contribution in [0.2, 0.25) is 0 Å². The number of hydrogen-bond donors (Lipinski definition) is 0. The van der Waals surface area contributed by atoms with Crippen LogP contribution in [-0.4, -0.2) is 20.3 Å². The van der Waals surface area contributed by atoms with Gasteiger partial charge in [-0.1, -0.05) is 37.3 Å². The van der Waals surface area contributed by atoms with Gasteiger partial charge < -0.3 is 4.57 Å². The van der Waals surface area contributed by atoms with Crippen molar-refractivity contribution in [3.05, 3.63) is 53.7 Å². The molecule has 0 aliphatic carbocycles. The van der Waals surface area contributed by atoms with E-state index in [9.17, 15) is 13.2 Å². The highest BCUT2D eigenvalue weighted by atomic mass is 32.2. The number of thioether (sulfide) groups is 1. The molecule has 158 valence electrons. The first-order valence-electron chi connectivity index (χ1n) is 9.50. The number of imidazole rings is 1. The summed E-state index contributed by atoms with van der Waals surface area (Å²) in [7, 11) is 1.83. The predicted molar refractivity (Wildman–Crippen MR) is 124 cm³/mol. The molecule has 0 aliphatic heterocycles. The number of thiophene rings is 2. The molecule has 4 aromatic heterocycles. The first-order valence-corrected chi connectivity index (χ1v) is 12.2. The van der Waals surface area contributed by atoms with E-state index in [4.69, 9.17) is 0 Å². The molecule has 3 nitrogen and oxygen atoms in total. The summed E-state index contributed by atoms with van der Waals surface area (Å²) < 4.78 is 43.6. The van der Waals surface area contributed by atoms with Crippen molar-refractivity contribution >= 4 is 54.9 Å². The second-order valence-electron chi connectivity index (χ2n) is 6.92. The number of halogens is 3. The molecule has 9 heteroatoms. The van der Waals surface area contributed by atoms with Crippen molar-refractivity contribution in [3.63, 3.8) is 0 Å². The van der Waals surface area contributed by atoms with E-state index in [0.29, 0.717) is 16.9 Å². The van der Waals surface area contributed by atoms with E-state index in [-0.39, 0.29) is 0 Å². The standard InChI is InChI=1S/C22H16F3N3S3/c1-3-29-19-18-17(13(11-30-18)12-7-5-4-6-8-12)31-20(19)21-27-14-9-16(22(23,24)25)26-10-15(14)28(21)2/h4-11H,3H2,1-2H3. The summed E-state index contributed by atoms with van der Waals surface area (Å²) in [5.41, 5.74) is 2.28. The molecule has 0 radical (unpaired) electrons. The lowest BCUT2D eigenvalue weighted by atomic mass is 10.1. The number of aromatic nitrogens is 3. The lowest BCUT2D eigenvalue weighted by molar-refractivity contribution is -0.141. The third kappa shape index (κ3) is 3.44. The molecule has 1 aromatic carbocycles. The minimum atomic E-state index is -4.49. The minimum Gasteiger partial charge on any atom is -0.325 e. The fourth-order valence-corrected chi connectivity index (χ4v) is 7.45. The molecule has 0 N–H and O–H groups in total. The zero-order chi connectivity index (χ0) is 21.8. The number of alkyl halides is 3. The van der Waals surface area contributed by atoms with Crippen LogP contribution in [0.1, 0.15) is 12.6 Å². The van der Waals surface area contributed by atoms with Crippen molar-refractivity contribution in [2.24, 2.45) is 7.05 Å². The van der Waals surface area contributed by atoms with E-state index in [1.807, 2.05) is 29.8 Å². The fourth-order valence-electron chi connectivity index (χ4n) is 3.54. The van der Waals surface area contributed by atoms with E-state index >= 15 is 0 Å². The molecular weight excluding hydrogens is 459 g/mol. The molecule has 0 saturated carbocycles. The summed E-state index contributed by atoms with van der Waals surface area (Å²) in [6.45, 7) is 2.10. The molecule has 0 spiro atoms. The minimum absolute atomic E-state index is 0.298. The molecule has 0 atom stereocenters. The number of hydrogen-bond acceptors (Lipinski definition) is 5. The Labute approximate surface area is 188 Å². The third-order valence-corrected chi connectivity index (χ3v) is 8.59. The number of nitrogens with zero attached hydrogens (tertiary/aromatic N) is 3. The molecule has 0 fully saturated rings. The van der Waals surface area contributed by atoms with Gasteiger partial charge in [0, 0.05) is 22.9 Å². The lowest BCUT2D eigenvalue weighted by Crippen LogP contribution is -2.07. The van der Waals surface area contributed by atoms with E-state index in [1.54, 1.807) is 34.4 Å². The van der Waals surface area contributed by atoms with Crippen molar-refractivity contribution in [2.45, 2.75) is 18.0 Å². The molecule has 0 unspecified atom stereocenters. The molecule has 0 bridgehead atoms. The Balaban J connectivity index is 1.72. The van der Waals surface area contributed by atoms with E-state index in [0.717, 1.165) is 27.2 Å². The summed E-state index contributed by atoms with van der Waals surface area (Å²) in [5, 5.41) is 2.18. The molecular formula is C22H16F3N3S3. The van der Waals surface area contributed by atoms with Crippen LogP contribution in [-0.2, 0) is 13.2 Å². The normalized spacial score (nSPS) is 12.3. The van der Waals surface area contributed by atoms with Gasteiger partial charge in [-0.3, -0.25) is 0 Å². The van der Waals surface area contributed by atoms with Crippen LogP contribution in [0.15, 0.2) is 52.9 Å². The van der Waals surface area contributed by atoms with Gasteiger partial charge in [0.1, 0.15) is 5.69 Å². The highest BCUT2D eigenvalue weighted by Gasteiger charge is 2.33. The van der Waals surface area contributed by atoms with Gasteiger partial charge in [-0.25, -0.2) is 9.97 Å². The van der Waals surface area contributed by atoms with Crippen LogP contribution in [0.3, 0.4) is 0 Å². The maximum Gasteiger partial charge on any atom is 0.433 e. The highest BCUT2D eigenvalue weighted by molar-refractivity contribution is 8.00. The first kappa shape index (κ1) is 20.5. The monoisotopic (exact) mass is 475 g/mol. The summed E-state index contributed by atoms with van der Waals surface area (Å²) in [6.07, 6.45) is -3.24. The number of rotatable bonds is 4. The van der Waals surface area contributed by atoms with Gasteiger partial charge in [-0.05, 0) is 17.4 Å². The van der Waals surface area contributed by atoms with Crippen molar-refractivity contribution in [1.29, 1.82) is 0 Å². The largest absolute Gasteiger partial charge is 0.433 e. The Morgan fingerprint density at radius 3 is 2.61 bits per heavy atom. The Kier molecular flexibility index (Phi) is 5.07. The predicted octanol–water partition coefficient (Wildman–Crippen LogP) is 7.71. The zero-order valence-electron chi connectivity index (χ0n) is 16.5. The molecule has 0 aliphatic rings. The summed E-state index contributed by atoms with van der Waals surface area (Å²) in [4.78, 5) is 10.3. The van der Waals surface area contributed by atoms with Crippen molar-refractivity contribution < 1.29 is 13.2 Å². The van der Waals surface area contributed by atoms with Crippen LogP contribution in [0.5, 0.6) is 0 Å². The van der Waals surface area contributed by atoms with Gasteiger partial charge in [0.05, 0.1) is 31.5 Å². The fraction of sp³-hybridized carbons (Fsp3) is 0.182. The molecule has 0 saturated heterocycles. The third-order valence-electron chi connectivity index (χ3n) is 5.00. The van der Waals surface area contributed by atoms with Gasteiger partial charge in [-0.2, -0.15) is 13.2 Å². The van der Waals surface area contributed by atoms with Gasteiger partial charge >= 0.3 is 6.18 Å². The van der Waals surface area contributed by atoms with Gasteiger partial charge in [0.15, 0.2) is 5.82 Å². The number of aryl methyl sites for hydroxylation is 1. The van der Waals surface area contributed by atoms with E-state index in [2.05, 4.69) is 34.4 Å². The highest BCUT2D eigenvalue weighted by Crippen LogP contribution is 2.50. The molecule has 4 heterocycles. The number of benzene rings is 1. The number of fused-ring (bicyclic) bond motifs is 2. The molecule has 31 heavy (non-hydrogen) atoms. The summed E-state index contributed by atoms with van der Waals surface area (Å²) in [5.74, 6) is 1.56. The van der Waals surface area contributed by atoms with E-state index < -0.39 is 11.9 Å². The van der Waals surface area contributed by atoms with Gasteiger partial charge in [0.25, 0.3) is 0 Å². The SMILES string of the molecule is CCSc1c(-c2nc3cc(C(F)(F)F)ncc3n2C)sc2c(-c3ccccc3)csc12. The Bertz CT molecular complexity index is 1400. The van der Waals surface area contributed by atoms with Crippen molar-refractivity contribution in [3.8, 4) is 21.8 Å². The van der Waals surface area contributed by atoms with Gasteiger partial charge in [-0.15, -0.1) is 34.4 Å². The van der Waals surface area contributed by atoms with Crippen LogP contribution in [0.4, 0.5) is 13.2 Å². The average molecular weight is 476 g/mol. The van der Waals surface area contributed by atoms with Crippen LogP contribution in [0.25, 0.3) is 42.3 Å². The lowest BCUT2D eigenvalue weighted by Gasteiger charge is -2.05. The quantitative estimate of drug-likeness (QED) is 0.249. The number of pyridine rings is 1. The maximum absolute atomic E-state index is 13.1. The summed E-state index contributed by atoms with van der Waals surface area (Å²) >= 11 is 5.09. The Morgan fingerprint density at radius 1 is 1.13 bits per heavy atom. The Morgan fingerprint density at radius 2 is 1.90 bits per heavy atom. The second kappa shape index (κ2) is 7.65. The smallest absolute Gasteiger partial charge is 0.325 e. The zero-order valence-corrected chi connectivity index (χ0v) is 19.0. The van der Waals surface area contributed by atoms with Crippen LogP contribution in [0, 0.1) is 0 Å².